The lowest BCUT2D eigenvalue weighted by atomic mass is 10.2. The van der Waals surface area contributed by atoms with Crippen molar-refractivity contribution in [1.82, 2.24) is 4.98 Å². The number of pyridine rings is 1. The SMILES string of the molecule is Cc1ccc(Br)c(Nc2ccnc(C(N)=S)c2)c1. The monoisotopic (exact) mass is 321 g/mol. The van der Waals surface area contributed by atoms with E-state index in [4.69, 9.17) is 18.0 Å². The van der Waals surface area contributed by atoms with Gasteiger partial charge >= 0.3 is 0 Å². The Bertz CT molecular complexity index is 599. The second kappa shape index (κ2) is 5.46. The molecule has 0 radical (unpaired) electrons. The van der Waals surface area contributed by atoms with E-state index in [1.807, 2.05) is 31.2 Å². The summed E-state index contributed by atoms with van der Waals surface area (Å²) in [6.07, 6.45) is 1.68. The first-order valence-electron chi connectivity index (χ1n) is 5.35. The van der Waals surface area contributed by atoms with E-state index in [9.17, 15) is 0 Å². The molecule has 1 heterocycles. The molecule has 0 saturated carbocycles. The minimum atomic E-state index is 0.293. The van der Waals surface area contributed by atoms with Crippen LogP contribution in [0.3, 0.4) is 0 Å². The molecule has 2 aromatic rings. The molecule has 2 rings (SSSR count). The lowest BCUT2D eigenvalue weighted by Crippen LogP contribution is -2.11. The van der Waals surface area contributed by atoms with Gasteiger partial charge in [0.2, 0.25) is 0 Å². The number of nitrogens with zero attached hydrogens (tertiary/aromatic N) is 1. The number of anilines is 2. The Morgan fingerprint density at radius 2 is 2.11 bits per heavy atom. The number of thiocarbonyl (C=S) groups is 1. The van der Waals surface area contributed by atoms with Gasteiger partial charge in [0.15, 0.2) is 0 Å². The number of hydrogen-bond donors (Lipinski definition) is 2. The molecule has 0 bridgehead atoms. The van der Waals surface area contributed by atoms with Crippen LogP contribution in [0.25, 0.3) is 0 Å². The smallest absolute Gasteiger partial charge is 0.122 e. The Balaban J connectivity index is 2.31. The number of nitrogens with one attached hydrogen (secondary N) is 1. The number of halogens is 1. The highest BCUT2D eigenvalue weighted by atomic mass is 79.9. The van der Waals surface area contributed by atoms with Gasteiger partial charge in [0.1, 0.15) is 4.99 Å². The van der Waals surface area contributed by atoms with Crippen LogP contribution in [0.4, 0.5) is 11.4 Å². The second-order valence-corrected chi connectivity index (χ2v) is 5.20. The lowest BCUT2D eigenvalue weighted by Gasteiger charge is -2.10. The summed E-state index contributed by atoms with van der Waals surface area (Å²) in [5, 5.41) is 3.31. The van der Waals surface area contributed by atoms with Gasteiger partial charge in [-0.15, -0.1) is 0 Å². The number of aryl methyl sites for hydroxylation is 1. The first kappa shape index (κ1) is 13.0. The largest absolute Gasteiger partial charge is 0.388 e. The van der Waals surface area contributed by atoms with Crippen LogP contribution >= 0.6 is 28.1 Å². The predicted molar refractivity (Wildman–Crippen MR) is 82.3 cm³/mol. The molecule has 0 aliphatic heterocycles. The highest BCUT2D eigenvalue weighted by Gasteiger charge is 2.03. The van der Waals surface area contributed by atoms with Crippen LogP contribution in [0.15, 0.2) is 41.0 Å². The Labute approximate surface area is 120 Å². The fraction of sp³-hybridized carbons (Fsp3) is 0.0769. The maximum absolute atomic E-state index is 5.56. The summed E-state index contributed by atoms with van der Waals surface area (Å²) in [5.41, 5.74) is 9.25. The van der Waals surface area contributed by atoms with Gasteiger partial charge in [-0.3, -0.25) is 4.98 Å². The van der Waals surface area contributed by atoms with Crippen LogP contribution in [0.5, 0.6) is 0 Å². The van der Waals surface area contributed by atoms with Crippen molar-refractivity contribution in [2.75, 3.05) is 5.32 Å². The van der Waals surface area contributed by atoms with Gasteiger partial charge in [0.05, 0.1) is 11.4 Å². The maximum Gasteiger partial charge on any atom is 0.122 e. The highest BCUT2D eigenvalue weighted by Crippen LogP contribution is 2.26. The third kappa shape index (κ3) is 3.05. The summed E-state index contributed by atoms with van der Waals surface area (Å²) < 4.78 is 1.00. The van der Waals surface area contributed by atoms with Gasteiger partial charge in [-0.25, -0.2) is 0 Å². The van der Waals surface area contributed by atoms with Crippen molar-refractivity contribution < 1.29 is 0 Å². The number of hydrogen-bond acceptors (Lipinski definition) is 3. The first-order valence-corrected chi connectivity index (χ1v) is 6.55. The maximum atomic E-state index is 5.56. The normalized spacial score (nSPS) is 10.1. The average Bonchev–Trinajstić information content (AvgIpc) is 2.34. The lowest BCUT2D eigenvalue weighted by molar-refractivity contribution is 1.29. The molecule has 1 aromatic carbocycles. The minimum absolute atomic E-state index is 0.293. The van der Waals surface area contributed by atoms with Gasteiger partial charge < -0.3 is 11.1 Å². The number of nitrogens with two attached hydrogens (primary N) is 1. The molecular formula is C13H12BrN3S. The van der Waals surface area contributed by atoms with Gasteiger partial charge in [-0.05, 0) is 52.7 Å². The molecule has 0 aliphatic carbocycles. The standard InChI is InChI=1S/C13H12BrN3S/c1-8-2-3-10(14)11(6-8)17-9-4-5-16-12(7-9)13(15)18/h2-7H,1H3,(H2,15,18)(H,16,17). The summed E-state index contributed by atoms with van der Waals surface area (Å²) in [6.45, 7) is 2.05. The topological polar surface area (TPSA) is 50.9 Å². The van der Waals surface area contributed by atoms with Crippen molar-refractivity contribution in [3.63, 3.8) is 0 Å². The Morgan fingerprint density at radius 3 is 2.83 bits per heavy atom. The van der Waals surface area contributed by atoms with Crippen molar-refractivity contribution in [3.05, 3.63) is 52.3 Å². The molecule has 0 saturated heterocycles. The molecule has 3 nitrogen and oxygen atoms in total. The molecule has 18 heavy (non-hydrogen) atoms. The van der Waals surface area contributed by atoms with Crippen molar-refractivity contribution >= 4 is 44.5 Å². The molecule has 0 atom stereocenters. The van der Waals surface area contributed by atoms with Gasteiger partial charge in [0, 0.05) is 16.4 Å². The van der Waals surface area contributed by atoms with Crippen LogP contribution < -0.4 is 11.1 Å². The van der Waals surface area contributed by atoms with Crippen LogP contribution in [0.1, 0.15) is 11.3 Å². The molecule has 0 amide bonds. The van der Waals surface area contributed by atoms with Crippen molar-refractivity contribution in [1.29, 1.82) is 0 Å². The van der Waals surface area contributed by atoms with Crippen LogP contribution in [0.2, 0.25) is 0 Å². The summed E-state index contributed by atoms with van der Waals surface area (Å²) >= 11 is 8.42. The summed E-state index contributed by atoms with van der Waals surface area (Å²) in [4.78, 5) is 4.40. The van der Waals surface area contributed by atoms with E-state index in [1.54, 1.807) is 6.20 Å². The van der Waals surface area contributed by atoms with Crippen molar-refractivity contribution in [3.8, 4) is 0 Å². The van der Waals surface area contributed by atoms with Crippen LogP contribution in [-0.2, 0) is 0 Å². The Morgan fingerprint density at radius 1 is 1.33 bits per heavy atom. The van der Waals surface area contributed by atoms with E-state index in [-0.39, 0.29) is 0 Å². The number of benzene rings is 1. The van der Waals surface area contributed by atoms with E-state index < -0.39 is 0 Å². The molecule has 92 valence electrons. The molecule has 5 heteroatoms. The average molecular weight is 322 g/mol. The first-order chi connectivity index (χ1) is 8.56. The predicted octanol–water partition coefficient (Wildman–Crippen LogP) is 3.53. The summed E-state index contributed by atoms with van der Waals surface area (Å²) in [7, 11) is 0. The van der Waals surface area contributed by atoms with E-state index in [1.165, 1.54) is 5.56 Å². The van der Waals surface area contributed by atoms with Crippen LogP contribution in [-0.4, -0.2) is 9.97 Å². The summed E-state index contributed by atoms with van der Waals surface area (Å²) in [6, 6.07) is 9.81. The van der Waals surface area contributed by atoms with Gasteiger partial charge in [0.25, 0.3) is 0 Å². The fourth-order valence-corrected chi connectivity index (χ4v) is 1.99. The number of rotatable bonds is 3. The molecule has 0 fully saturated rings. The number of aromatic nitrogens is 1. The Hall–Kier alpha value is -1.46. The zero-order chi connectivity index (χ0) is 13.1. The molecule has 0 spiro atoms. The van der Waals surface area contributed by atoms with Gasteiger partial charge in [-0.2, -0.15) is 0 Å². The molecular weight excluding hydrogens is 310 g/mol. The highest BCUT2D eigenvalue weighted by molar-refractivity contribution is 9.10. The zero-order valence-electron chi connectivity index (χ0n) is 9.77. The van der Waals surface area contributed by atoms with E-state index in [0.29, 0.717) is 10.7 Å². The second-order valence-electron chi connectivity index (χ2n) is 3.90. The molecule has 3 N–H and O–H groups in total. The van der Waals surface area contributed by atoms with E-state index in [0.717, 1.165) is 15.8 Å². The zero-order valence-corrected chi connectivity index (χ0v) is 12.2. The summed E-state index contributed by atoms with van der Waals surface area (Å²) in [5.74, 6) is 0. The third-order valence-electron chi connectivity index (χ3n) is 2.41. The Kier molecular flexibility index (Phi) is 3.93. The quantitative estimate of drug-likeness (QED) is 0.849. The van der Waals surface area contributed by atoms with Crippen molar-refractivity contribution in [2.45, 2.75) is 6.92 Å². The van der Waals surface area contributed by atoms with E-state index >= 15 is 0 Å². The molecule has 0 unspecified atom stereocenters. The molecule has 0 aliphatic rings. The van der Waals surface area contributed by atoms with E-state index in [2.05, 4.69) is 32.3 Å². The van der Waals surface area contributed by atoms with Crippen molar-refractivity contribution in [2.24, 2.45) is 5.73 Å². The molecule has 1 aromatic heterocycles. The van der Waals surface area contributed by atoms with Crippen LogP contribution in [0, 0.1) is 6.92 Å². The van der Waals surface area contributed by atoms with Gasteiger partial charge in [-0.1, -0.05) is 18.3 Å². The third-order valence-corrected chi connectivity index (χ3v) is 3.31. The minimum Gasteiger partial charge on any atom is -0.388 e. The fourth-order valence-electron chi connectivity index (χ4n) is 1.53.